The molecule has 0 radical (unpaired) electrons. The number of hydrogen-bond donors (Lipinski definition) is 1. The van der Waals surface area contributed by atoms with Crippen LogP contribution in [0.3, 0.4) is 0 Å². The molecule has 0 aliphatic rings. The maximum Gasteiger partial charge on any atom is 0.254 e. The van der Waals surface area contributed by atoms with Crippen LogP contribution < -0.4 is 5.32 Å². The Kier molecular flexibility index (Phi) is 3.42. The molecule has 0 bridgehead atoms. The van der Waals surface area contributed by atoms with Crippen LogP contribution in [0.4, 0.5) is 0 Å². The summed E-state index contributed by atoms with van der Waals surface area (Å²) in [6, 6.07) is 0.229. The number of hydrogen-bond acceptors (Lipinski definition) is 3. The third kappa shape index (κ3) is 2.52. The average molecular weight is 198 g/mol. The Bertz CT molecular complexity index is 296. The second-order valence-corrected chi connectivity index (χ2v) is 3.73. The van der Waals surface area contributed by atoms with Gasteiger partial charge in [-0.2, -0.15) is 4.37 Å². The highest BCUT2D eigenvalue weighted by Gasteiger charge is 2.12. The summed E-state index contributed by atoms with van der Waals surface area (Å²) in [5.74, 6) is -0.0133. The van der Waals surface area contributed by atoms with Crippen molar-refractivity contribution in [2.75, 3.05) is 0 Å². The fourth-order valence-corrected chi connectivity index (χ4v) is 1.61. The minimum Gasteiger partial charge on any atom is -0.350 e. The zero-order chi connectivity index (χ0) is 9.84. The van der Waals surface area contributed by atoms with Crippen LogP contribution in [-0.4, -0.2) is 16.3 Å². The van der Waals surface area contributed by atoms with Gasteiger partial charge in [0.15, 0.2) is 0 Å². The van der Waals surface area contributed by atoms with E-state index in [1.54, 1.807) is 5.38 Å². The number of nitrogens with zero attached hydrogens (tertiary/aromatic N) is 1. The lowest BCUT2D eigenvalue weighted by molar-refractivity contribution is 0.0939. The normalized spacial score (nSPS) is 12.5. The second-order valence-electron chi connectivity index (χ2n) is 3.10. The summed E-state index contributed by atoms with van der Waals surface area (Å²) in [4.78, 5) is 11.6. The molecule has 1 heterocycles. The largest absolute Gasteiger partial charge is 0.350 e. The van der Waals surface area contributed by atoms with E-state index in [-0.39, 0.29) is 11.9 Å². The Morgan fingerprint density at radius 3 is 2.92 bits per heavy atom. The maximum absolute atomic E-state index is 11.6. The number of carbonyl (C=O) groups excluding carboxylic acids is 1. The zero-order valence-electron chi connectivity index (χ0n) is 8.13. The molecule has 0 fully saturated rings. The van der Waals surface area contributed by atoms with E-state index in [9.17, 15) is 4.79 Å². The first-order chi connectivity index (χ1) is 6.15. The molecule has 0 saturated heterocycles. The van der Waals surface area contributed by atoms with Crippen LogP contribution in [0.2, 0.25) is 0 Å². The van der Waals surface area contributed by atoms with Crippen LogP contribution in [-0.2, 0) is 0 Å². The third-order valence-electron chi connectivity index (χ3n) is 1.98. The van der Waals surface area contributed by atoms with Crippen LogP contribution in [0.15, 0.2) is 5.38 Å². The average Bonchev–Trinajstić information content (AvgIpc) is 2.51. The van der Waals surface area contributed by atoms with E-state index in [1.807, 2.05) is 20.8 Å². The van der Waals surface area contributed by atoms with E-state index in [2.05, 4.69) is 9.69 Å². The third-order valence-corrected chi connectivity index (χ3v) is 2.70. The molecule has 1 rings (SSSR count). The Morgan fingerprint density at radius 1 is 1.77 bits per heavy atom. The Balaban J connectivity index is 2.64. The molecule has 1 aromatic rings. The van der Waals surface area contributed by atoms with Crippen molar-refractivity contribution in [3.05, 3.63) is 16.6 Å². The molecule has 0 aliphatic carbocycles. The molecule has 0 aliphatic heterocycles. The number of nitrogens with one attached hydrogen (secondary N) is 1. The molecule has 1 N–H and O–H groups in total. The highest BCUT2D eigenvalue weighted by molar-refractivity contribution is 7.03. The molecule has 1 atom stereocenters. The van der Waals surface area contributed by atoms with Gasteiger partial charge in [-0.1, -0.05) is 6.92 Å². The van der Waals surface area contributed by atoms with E-state index >= 15 is 0 Å². The van der Waals surface area contributed by atoms with Crippen LogP contribution in [0, 0.1) is 6.92 Å². The summed E-state index contributed by atoms with van der Waals surface area (Å²) < 4.78 is 4.05. The number of aromatic nitrogens is 1. The van der Waals surface area contributed by atoms with Crippen molar-refractivity contribution in [3.8, 4) is 0 Å². The minimum absolute atomic E-state index is 0.0133. The molecule has 0 saturated carbocycles. The molecule has 0 aromatic carbocycles. The number of rotatable bonds is 3. The SMILES string of the molecule is CCC(C)NC(=O)c1csnc1C. The summed E-state index contributed by atoms with van der Waals surface area (Å²) in [6.07, 6.45) is 0.947. The highest BCUT2D eigenvalue weighted by Crippen LogP contribution is 2.09. The predicted molar refractivity (Wildman–Crippen MR) is 54.1 cm³/mol. The van der Waals surface area contributed by atoms with Crippen LogP contribution >= 0.6 is 11.5 Å². The molecule has 4 heteroatoms. The quantitative estimate of drug-likeness (QED) is 0.807. The molecular formula is C9H14N2OS. The van der Waals surface area contributed by atoms with Crippen molar-refractivity contribution < 1.29 is 4.79 Å². The lowest BCUT2D eigenvalue weighted by Gasteiger charge is -2.10. The van der Waals surface area contributed by atoms with Crippen molar-refractivity contribution in [1.82, 2.24) is 9.69 Å². The summed E-state index contributed by atoms with van der Waals surface area (Å²) in [7, 11) is 0. The van der Waals surface area contributed by atoms with Crippen LogP contribution in [0.5, 0.6) is 0 Å². The van der Waals surface area contributed by atoms with Crippen molar-refractivity contribution >= 4 is 17.4 Å². The van der Waals surface area contributed by atoms with E-state index in [1.165, 1.54) is 11.5 Å². The number of aryl methyl sites for hydroxylation is 1. The Hall–Kier alpha value is -0.900. The predicted octanol–water partition coefficient (Wildman–Crippen LogP) is 1.98. The highest BCUT2D eigenvalue weighted by atomic mass is 32.1. The van der Waals surface area contributed by atoms with Gasteiger partial charge < -0.3 is 5.32 Å². The molecule has 1 unspecified atom stereocenters. The summed E-state index contributed by atoms with van der Waals surface area (Å²) >= 11 is 1.32. The first-order valence-corrected chi connectivity index (χ1v) is 5.20. The van der Waals surface area contributed by atoms with Crippen molar-refractivity contribution in [1.29, 1.82) is 0 Å². The number of carbonyl (C=O) groups is 1. The Labute approximate surface area is 82.3 Å². The lowest BCUT2D eigenvalue weighted by Crippen LogP contribution is -2.32. The maximum atomic E-state index is 11.6. The summed E-state index contributed by atoms with van der Waals surface area (Å²) in [6.45, 7) is 5.89. The van der Waals surface area contributed by atoms with Gasteiger partial charge in [-0.3, -0.25) is 4.79 Å². The molecule has 1 aromatic heterocycles. The first-order valence-electron chi connectivity index (χ1n) is 4.37. The summed E-state index contributed by atoms with van der Waals surface area (Å²) in [5, 5.41) is 4.69. The molecule has 1 amide bonds. The zero-order valence-corrected chi connectivity index (χ0v) is 8.94. The smallest absolute Gasteiger partial charge is 0.254 e. The molecule has 13 heavy (non-hydrogen) atoms. The number of amides is 1. The molecule has 0 spiro atoms. The van der Waals surface area contributed by atoms with Gasteiger partial charge in [-0.05, 0) is 31.8 Å². The van der Waals surface area contributed by atoms with Gasteiger partial charge in [0.2, 0.25) is 0 Å². The second kappa shape index (κ2) is 4.37. The van der Waals surface area contributed by atoms with Gasteiger partial charge in [-0.15, -0.1) is 0 Å². The van der Waals surface area contributed by atoms with Gasteiger partial charge >= 0.3 is 0 Å². The minimum atomic E-state index is -0.0133. The molecule has 3 nitrogen and oxygen atoms in total. The summed E-state index contributed by atoms with van der Waals surface area (Å²) in [5.41, 5.74) is 1.51. The van der Waals surface area contributed by atoms with Gasteiger partial charge in [0, 0.05) is 11.4 Å². The van der Waals surface area contributed by atoms with Crippen LogP contribution in [0.1, 0.15) is 36.3 Å². The van der Waals surface area contributed by atoms with E-state index in [4.69, 9.17) is 0 Å². The van der Waals surface area contributed by atoms with E-state index < -0.39 is 0 Å². The van der Waals surface area contributed by atoms with E-state index in [0.717, 1.165) is 12.1 Å². The molecule has 72 valence electrons. The van der Waals surface area contributed by atoms with Crippen molar-refractivity contribution in [3.63, 3.8) is 0 Å². The van der Waals surface area contributed by atoms with E-state index in [0.29, 0.717) is 5.56 Å². The van der Waals surface area contributed by atoms with Gasteiger partial charge in [0.05, 0.1) is 11.3 Å². The lowest BCUT2D eigenvalue weighted by atomic mass is 10.2. The Morgan fingerprint density at radius 2 is 2.46 bits per heavy atom. The molecular weight excluding hydrogens is 184 g/mol. The monoisotopic (exact) mass is 198 g/mol. The standard InChI is InChI=1S/C9H14N2OS/c1-4-6(2)10-9(12)8-5-13-11-7(8)3/h5-6H,4H2,1-3H3,(H,10,12). The van der Waals surface area contributed by atoms with Crippen molar-refractivity contribution in [2.24, 2.45) is 0 Å². The van der Waals surface area contributed by atoms with Gasteiger partial charge in [0.1, 0.15) is 0 Å². The first kappa shape index (κ1) is 10.2. The van der Waals surface area contributed by atoms with Crippen molar-refractivity contribution in [2.45, 2.75) is 33.2 Å². The topological polar surface area (TPSA) is 42.0 Å². The van der Waals surface area contributed by atoms with Gasteiger partial charge in [-0.25, -0.2) is 0 Å². The van der Waals surface area contributed by atoms with Crippen LogP contribution in [0.25, 0.3) is 0 Å². The fourth-order valence-electron chi connectivity index (χ4n) is 0.914. The van der Waals surface area contributed by atoms with Gasteiger partial charge in [0.25, 0.3) is 5.91 Å². The fraction of sp³-hybridized carbons (Fsp3) is 0.556.